The number of Topliss-reactive ketones (excluding diaryl/α,β-unsaturated/α-hetero) is 1. The van der Waals surface area contributed by atoms with E-state index in [1.54, 1.807) is 31.8 Å². The summed E-state index contributed by atoms with van der Waals surface area (Å²) in [6.45, 7) is 5.17. The molecule has 1 saturated carbocycles. The Labute approximate surface area is 250 Å². The van der Waals surface area contributed by atoms with E-state index >= 15 is 4.39 Å². The Morgan fingerprint density at radius 3 is 2.49 bits per heavy atom. The second-order valence-electron chi connectivity index (χ2n) is 11.1. The van der Waals surface area contributed by atoms with Crippen LogP contribution in [0.25, 0.3) is 33.3 Å². The molecule has 2 aromatic heterocycles. The number of rotatable bonds is 9. The second kappa shape index (κ2) is 12.3. The van der Waals surface area contributed by atoms with Crippen molar-refractivity contribution in [3.63, 3.8) is 0 Å². The molecule has 218 valence electrons. The molecule has 7 nitrogen and oxygen atoms in total. The molecule has 1 aliphatic rings. The molecule has 0 aliphatic heterocycles. The molecule has 3 aromatic carbocycles. The van der Waals surface area contributed by atoms with Crippen LogP contribution in [-0.2, 0) is 11.3 Å². The van der Waals surface area contributed by atoms with Gasteiger partial charge in [0.1, 0.15) is 22.9 Å². The van der Waals surface area contributed by atoms with Crippen LogP contribution in [0.3, 0.4) is 0 Å². The van der Waals surface area contributed by atoms with Crippen molar-refractivity contribution in [2.45, 2.75) is 39.7 Å². The van der Waals surface area contributed by atoms with Gasteiger partial charge in [-0.05, 0) is 90.4 Å². The smallest absolute Gasteiger partial charge is 0.158 e. The molecule has 1 atom stereocenters. The summed E-state index contributed by atoms with van der Waals surface area (Å²) in [6.07, 6.45) is 7.20. The van der Waals surface area contributed by atoms with Crippen LogP contribution in [0.4, 0.5) is 15.9 Å². The summed E-state index contributed by atoms with van der Waals surface area (Å²) in [5.74, 6) is 1.46. The molecule has 6 rings (SSSR count). The van der Waals surface area contributed by atoms with Gasteiger partial charge in [-0.1, -0.05) is 30.3 Å². The fourth-order valence-corrected chi connectivity index (χ4v) is 6.01. The largest absolute Gasteiger partial charge is 0.496 e. The third-order valence-corrected chi connectivity index (χ3v) is 8.37. The monoisotopic (exact) mass is 575 g/mol. The number of fused-ring (bicyclic) bond motifs is 1. The molecule has 0 radical (unpaired) electrons. The number of nitrogens with zero attached hydrogens (tertiary/aromatic N) is 3. The number of halogens is 1. The van der Waals surface area contributed by atoms with E-state index in [2.05, 4.69) is 51.6 Å². The second-order valence-corrected chi connectivity index (χ2v) is 11.1. The van der Waals surface area contributed by atoms with Gasteiger partial charge in [0.15, 0.2) is 5.82 Å². The van der Waals surface area contributed by atoms with E-state index in [4.69, 9.17) is 4.74 Å². The van der Waals surface area contributed by atoms with Gasteiger partial charge in [0.2, 0.25) is 0 Å². The average Bonchev–Trinajstić information content (AvgIpc) is 3.44. The van der Waals surface area contributed by atoms with Crippen molar-refractivity contribution in [3.8, 4) is 28.0 Å². The van der Waals surface area contributed by atoms with Gasteiger partial charge in [0.05, 0.1) is 12.6 Å². The minimum Gasteiger partial charge on any atom is -0.496 e. The lowest BCUT2D eigenvalue weighted by Crippen LogP contribution is -2.22. The Kier molecular flexibility index (Phi) is 8.11. The highest BCUT2D eigenvalue weighted by molar-refractivity contribution is 5.89. The first-order chi connectivity index (χ1) is 20.9. The van der Waals surface area contributed by atoms with Crippen molar-refractivity contribution < 1.29 is 13.9 Å². The van der Waals surface area contributed by atoms with Gasteiger partial charge in [-0.15, -0.1) is 0 Å². The Balaban J connectivity index is 1.29. The molecule has 2 heterocycles. The number of anilines is 2. The number of ether oxygens (including phenoxy) is 1. The van der Waals surface area contributed by atoms with E-state index in [1.807, 2.05) is 36.4 Å². The van der Waals surface area contributed by atoms with Crippen molar-refractivity contribution in [1.29, 1.82) is 0 Å². The summed E-state index contributed by atoms with van der Waals surface area (Å²) in [5.41, 5.74) is 8.78. The van der Waals surface area contributed by atoms with Gasteiger partial charge in [0, 0.05) is 49.2 Å². The minimum atomic E-state index is -0.317. The van der Waals surface area contributed by atoms with Gasteiger partial charge in [0.25, 0.3) is 0 Å². The number of benzene rings is 3. The number of pyridine rings is 1. The molecule has 8 heteroatoms. The van der Waals surface area contributed by atoms with Crippen molar-refractivity contribution >= 4 is 28.3 Å². The first-order valence-electron chi connectivity index (χ1n) is 14.5. The van der Waals surface area contributed by atoms with Crippen LogP contribution in [0, 0.1) is 25.6 Å². The van der Waals surface area contributed by atoms with Crippen LogP contribution in [0.2, 0.25) is 0 Å². The van der Waals surface area contributed by atoms with Crippen molar-refractivity contribution in [2.24, 2.45) is 5.92 Å². The summed E-state index contributed by atoms with van der Waals surface area (Å²) in [5, 5.41) is 6.78. The fourth-order valence-electron chi connectivity index (χ4n) is 6.01. The maximum absolute atomic E-state index is 15.5. The lowest BCUT2D eigenvalue weighted by atomic mass is 9.90. The van der Waals surface area contributed by atoms with E-state index in [0.717, 1.165) is 51.0 Å². The zero-order valence-corrected chi connectivity index (χ0v) is 24.6. The molecule has 1 aliphatic carbocycles. The van der Waals surface area contributed by atoms with Gasteiger partial charge in [-0.2, -0.15) is 0 Å². The molecular formula is C35H34FN5O2. The predicted molar refractivity (Wildman–Crippen MR) is 168 cm³/mol. The van der Waals surface area contributed by atoms with E-state index in [-0.39, 0.29) is 5.82 Å². The van der Waals surface area contributed by atoms with Gasteiger partial charge in [-0.3, -0.25) is 9.78 Å². The number of hydrogen-bond acceptors (Lipinski definition) is 7. The van der Waals surface area contributed by atoms with Crippen molar-refractivity contribution in [1.82, 2.24) is 20.3 Å². The molecule has 0 amide bonds. The van der Waals surface area contributed by atoms with E-state index < -0.39 is 0 Å². The summed E-state index contributed by atoms with van der Waals surface area (Å²) in [7, 11) is 1.57. The third-order valence-electron chi connectivity index (χ3n) is 8.37. The minimum absolute atomic E-state index is 0.312. The normalized spacial score (nSPS) is 14.8. The molecule has 43 heavy (non-hydrogen) atoms. The molecule has 0 unspecified atom stereocenters. The maximum atomic E-state index is 15.5. The maximum Gasteiger partial charge on any atom is 0.158 e. The highest BCUT2D eigenvalue weighted by Crippen LogP contribution is 2.38. The number of aromatic nitrogens is 3. The number of carbonyl (C=O) groups is 1. The molecule has 2 N–H and O–H groups in total. The summed E-state index contributed by atoms with van der Waals surface area (Å²) >= 11 is 0. The van der Waals surface area contributed by atoms with E-state index in [1.165, 1.54) is 0 Å². The predicted octanol–water partition coefficient (Wildman–Crippen LogP) is 7.33. The van der Waals surface area contributed by atoms with Gasteiger partial charge < -0.3 is 15.4 Å². The van der Waals surface area contributed by atoms with Crippen molar-refractivity contribution in [3.05, 3.63) is 95.7 Å². The zero-order valence-electron chi connectivity index (χ0n) is 24.6. The van der Waals surface area contributed by atoms with Crippen LogP contribution in [-0.4, -0.2) is 34.4 Å². The molecule has 0 bridgehead atoms. The van der Waals surface area contributed by atoms with E-state index in [0.29, 0.717) is 60.3 Å². The Hall–Kier alpha value is -4.69. The number of carbonyl (C=O) groups excluding carboxylic acids is 1. The van der Waals surface area contributed by atoms with Gasteiger partial charge >= 0.3 is 0 Å². The fraction of sp³-hybridized carbons (Fsp3) is 0.257. The standard InChI is InChI=1S/C35H34FN5O2/c1-21-26(24-17-30(36)29(33(18-24)43-3)20-37-19-23-10-11-25(42)16-23)6-4-7-27(21)28-8-5-9-31(22(28)2)41-35-34-32(12-13-40-35)38-14-15-39-34/h4-9,12-15,17-18,23,37H,10-11,16,19-20H2,1-3H3,(H,40,41)/t23-/m1/s1. The van der Waals surface area contributed by atoms with Crippen LogP contribution in [0.15, 0.2) is 73.2 Å². The molecule has 0 saturated heterocycles. The Bertz CT molecular complexity index is 1820. The highest BCUT2D eigenvalue weighted by Gasteiger charge is 2.22. The number of hydrogen-bond donors (Lipinski definition) is 2. The molecule has 5 aromatic rings. The van der Waals surface area contributed by atoms with Crippen LogP contribution < -0.4 is 15.4 Å². The Morgan fingerprint density at radius 2 is 1.70 bits per heavy atom. The summed E-state index contributed by atoms with van der Waals surface area (Å²) < 4.78 is 21.2. The summed E-state index contributed by atoms with van der Waals surface area (Å²) in [6, 6.07) is 17.6. The van der Waals surface area contributed by atoms with Gasteiger partial charge in [-0.25, -0.2) is 14.4 Å². The third kappa shape index (κ3) is 5.83. The van der Waals surface area contributed by atoms with Crippen LogP contribution in [0.1, 0.15) is 36.0 Å². The molecule has 0 spiro atoms. The van der Waals surface area contributed by atoms with E-state index in [9.17, 15) is 4.79 Å². The number of methoxy groups -OCH3 is 1. The first-order valence-corrected chi connectivity index (χ1v) is 14.5. The number of ketones is 1. The summed E-state index contributed by atoms with van der Waals surface area (Å²) in [4.78, 5) is 25.0. The first kappa shape index (κ1) is 28.4. The highest BCUT2D eigenvalue weighted by atomic mass is 19.1. The SMILES string of the molecule is COc1cc(-c2cccc(-c3cccc(Nc4nccc5nccnc45)c3C)c2C)cc(F)c1CNC[C@@H]1CCC(=O)C1. The van der Waals surface area contributed by atoms with Crippen LogP contribution in [0.5, 0.6) is 5.75 Å². The number of nitrogens with one attached hydrogen (secondary N) is 2. The lowest BCUT2D eigenvalue weighted by molar-refractivity contribution is -0.117. The topological polar surface area (TPSA) is 89.0 Å². The van der Waals surface area contributed by atoms with Crippen LogP contribution >= 0.6 is 0 Å². The molecule has 1 fully saturated rings. The Morgan fingerprint density at radius 1 is 0.930 bits per heavy atom. The zero-order chi connectivity index (χ0) is 29.9. The quantitative estimate of drug-likeness (QED) is 0.190. The molecular weight excluding hydrogens is 541 g/mol. The van der Waals surface area contributed by atoms with Crippen molar-refractivity contribution in [2.75, 3.05) is 19.0 Å². The average molecular weight is 576 g/mol. The lowest BCUT2D eigenvalue weighted by Gasteiger charge is -2.18.